The molecule has 100 valence electrons. The maximum Gasteiger partial charge on any atom is 0.320 e. The summed E-state index contributed by atoms with van der Waals surface area (Å²) in [5.74, 6) is 0.628. The Bertz CT molecular complexity index is 548. The van der Waals surface area contributed by atoms with E-state index in [9.17, 15) is 0 Å². The van der Waals surface area contributed by atoms with Crippen LogP contribution < -0.4 is 10.6 Å². The number of rotatable bonds is 6. The summed E-state index contributed by atoms with van der Waals surface area (Å²) in [4.78, 5) is 0. The van der Waals surface area contributed by atoms with Crippen LogP contribution in [0.5, 0.6) is 0 Å². The first-order valence-electron chi connectivity index (χ1n) is 6.76. The largest absolute Gasteiger partial charge is 0.406 e. The molecule has 1 aliphatic carbocycles. The van der Waals surface area contributed by atoms with Gasteiger partial charge in [0.15, 0.2) is 0 Å². The molecule has 0 atom stereocenters. The average molecular weight is 258 g/mol. The second-order valence-electron chi connectivity index (χ2n) is 4.79. The number of nitrogens with zero attached hydrogens (tertiary/aromatic N) is 2. The minimum atomic E-state index is 0.452. The molecule has 1 aromatic heterocycles. The van der Waals surface area contributed by atoms with E-state index in [0.29, 0.717) is 24.5 Å². The zero-order valence-electron chi connectivity index (χ0n) is 11.0. The molecule has 19 heavy (non-hydrogen) atoms. The highest BCUT2D eigenvalue weighted by Crippen LogP contribution is 2.21. The number of hydrogen-bond acceptors (Lipinski definition) is 5. The summed E-state index contributed by atoms with van der Waals surface area (Å²) < 4.78 is 5.57. The van der Waals surface area contributed by atoms with E-state index in [-0.39, 0.29) is 0 Å². The minimum Gasteiger partial charge on any atom is -0.406 e. The van der Waals surface area contributed by atoms with E-state index in [1.54, 1.807) is 0 Å². The number of hydrogen-bond donors (Lipinski definition) is 2. The summed E-state index contributed by atoms with van der Waals surface area (Å²) in [6, 6.07) is 9.23. The molecule has 1 aliphatic rings. The molecule has 2 aromatic rings. The van der Waals surface area contributed by atoms with Gasteiger partial charge in [-0.15, -0.1) is 5.10 Å². The van der Waals surface area contributed by atoms with Crippen molar-refractivity contribution in [1.82, 2.24) is 15.5 Å². The summed E-state index contributed by atoms with van der Waals surface area (Å²) in [7, 11) is 0. The number of anilines is 2. The van der Waals surface area contributed by atoms with Gasteiger partial charge in [0.1, 0.15) is 0 Å². The minimum absolute atomic E-state index is 0.452. The first kappa shape index (κ1) is 12.2. The Balaban J connectivity index is 1.65. The van der Waals surface area contributed by atoms with Crippen molar-refractivity contribution in [2.24, 2.45) is 0 Å². The molecule has 1 fully saturated rings. The van der Waals surface area contributed by atoms with E-state index in [4.69, 9.17) is 4.42 Å². The first-order chi connectivity index (χ1) is 9.35. The van der Waals surface area contributed by atoms with E-state index < -0.39 is 0 Å². The Morgan fingerprint density at radius 2 is 2.11 bits per heavy atom. The Morgan fingerprint density at radius 3 is 2.89 bits per heavy atom. The van der Waals surface area contributed by atoms with Gasteiger partial charge >= 0.3 is 6.01 Å². The van der Waals surface area contributed by atoms with Crippen molar-refractivity contribution in [3.8, 4) is 0 Å². The molecular formula is C14H18N4O. The van der Waals surface area contributed by atoms with Crippen molar-refractivity contribution in [1.29, 1.82) is 0 Å². The summed E-state index contributed by atoms with van der Waals surface area (Å²) in [6.45, 7) is 2.77. The van der Waals surface area contributed by atoms with Crippen LogP contribution in [0.15, 0.2) is 28.7 Å². The van der Waals surface area contributed by atoms with E-state index in [2.05, 4.69) is 33.8 Å². The second-order valence-corrected chi connectivity index (χ2v) is 4.79. The highest BCUT2D eigenvalue weighted by molar-refractivity contribution is 5.57. The van der Waals surface area contributed by atoms with E-state index in [1.807, 2.05) is 18.2 Å². The highest BCUT2D eigenvalue weighted by Gasteiger charge is 2.21. The van der Waals surface area contributed by atoms with Gasteiger partial charge in [0, 0.05) is 11.7 Å². The zero-order chi connectivity index (χ0) is 13.1. The molecule has 1 saturated carbocycles. The smallest absolute Gasteiger partial charge is 0.320 e. The highest BCUT2D eigenvalue weighted by atomic mass is 16.4. The Hall–Kier alpha value is -1.88. The van der Waals surface area contributed by atoms with Crippen molar-refractivity contribution in [3.63, 3.8) is 0 Å². The molecule has 0 aliphatic heterocycles. The molecule has 0 spiro atoms. The van der Waals surface area contributed by atoms with Crippen LogP contribution in [0.4, 0.5) is 11.7 Å². The number of para-hydroxylation sites is 1. The molecule has 0 bridgehead atoms. The fourth-order valence-corrected chi connectivity index (χ4v) is 1.96. The van der Waals surface area contributed by atoms with Crippen LogP contribution in [0.25, 0.3) is 0 Å². The van der Waals surface area contributed by atoms with Crippen molar-refractivity contribution in [2.45, 2.75) is 38.8 Å². The average Bonchev–Trinajstić information content (AvgIpc) is 3.17. The van der Waals surface area contributed by atoms with Gasteiger partial charge in [0.2, 0.25) is 5.89 Å². The molecule has 2 N–H and O–H groups in total. The van der Waals surface area contributed by atoms with Gasteiger partial charge in [-0.1, -0.05) is 30.2 Å². The quantitative estimate of drug-likeness (QED) is 0.834. The molecule has 5 heteroatoms. The molecule has 0 amide bonds. The standard InChI is InChI=1S/C14H18N4O/c1-2-10-5-3-4-6-12(10)16-14-18-17-13(19-14)9-15-11-7-8-11/h3-6,11,15H,2,7-9H2,1H3,(H,16,18). The topological polar surface area (TPSA) is 63.0 Å². The number of benzene rings is 1. The van der Waals surface area contributed by atoms with Gasteiger partial charge in [-0.25, -0.2) is 0 Å². The van der Waals surface area contributed by atoms with Gasteiger partial charge in [-0.3, -0.25) is 0 Å². The fourth-order valence-electron chi connectivity index (χ4n) is 1.96. The molecule has 1 heterocycles. The van der Waals surface area contributed by atoms with Crippen molar-refractivity contribution in [2.75, 3.05) is 5.32 Å². The van der Waals surface area contributed by atoms with Crippen LogP contribution in [0.1, 0.15) is 31.2 Å². The lowest BCUT2D eigenvalue weighted by Gasteiger charge is -2.06. The Labute approximate surface area is 112 Å². The molecule has 1 aromatic carbocycles. The third kappa shape index (κ3) is 3.12. The molecule has 0 radical (unpaired) electrons. The first-order valence-corrected chi connectivity index (χ1v) is 6.76. The van der Waals surface area contributed by atoms with Gasteiger partial charge in [-0.05, 0) is 30.9 Å². The van der Waals surface area contributed by atoms with Gasteiger partial charge in [0.25, 0.3) is 0 Å². The van der Waals surface area contributed by atoms with Crippen molar-refractivity contribution in [3.05, 3.63) is 35.7 Å². The third-order valence-corrected chi connectivity index (χ3v) is 3.23. The van der Waals surface area contributed by atoms with E-state index in [0.717, 1.165) is 12.1 Å². The zero-order valence-corrected chi connectivity index (χ0v) is 11.0. The summed E-state index contributed by atoms with van der Waals surface area (Å²) in [5.41, 5.74) is 2.26. The summed E-state index contributed by atoms with van der Waals surface area (Å²) >= 11 is 0. The normalized spacial score (nSPS) is 14.6. The van der Waals surface area contributed by atoms with Gasteiger partial charge in [-0.2, -0.15) is 0 Å². The van der Waals surface area contributed by atoms with Gasteiger partial charge < -0.3 is 15.1 Å². The number of aryl methyl sites for hydroxylation is 1. The molecular weight excluding hydrogens is 240 g/mol. The second kappa shape index (κ2) is 5.40. The lowest BCUT2D eigenvalue weighted by atomic mass is 10.1. The predicted molar refractivity (Wildman–Crippen MR) is 73.3 cm³/mol. The van der Waals surface area contributed by atoms with Crippen LogP contribution in [-0.2, 0) is 13.0 Å². The SMILES string of the molecule is CCc1ccccc1Nc1nnc(CNC2CC2)o1. The molecule has 3 rings (SSSR count). The maximum absolute atomic E-state index is 5.57. The van der Waals surface area contributed by atoms with Crippen LogP contribution >= 0.6 is 0 Å². The molecule has 0 saturated heterocycles. The van der Waals surface area contributed by atoms with Crippen molar-refractivity contribution >= 4 is 11.7 Å². The van der Waals surface area contributed by atoms with Gasteiger partial charge in [0.05, 0.1) is 6.54 Å². The predicted octanol–water partition coefficient (Wildman–Crippen LogP) is 2.63. The number of aromatic nitrogens is 2. The summed E-state index contributed by atoms with van der Waals surface area (Å²) in [6.07, 6.45) is 3.47. The maximum atomic E-state index is 5.57. The lowest BCUT2D eigenvalue weighted by molar-refractivity contribution is 0.478. The van der Waals surface area contributed by atoms with Crippen molar-refractivity contribution < 1.29 is 4.42 Å². The van der Waals surface area contributed by atoms with Crippen LogP contribution in [-0.4, -0.2) is 16.2 Å². The summed E-state index contributed by atoms with van der Waals surface area (Å²) in [5, 5.41) is 14.6. The Morgan fingerprint density at radius 1 is 1.26 bits per heavy atom. The van der Waals surface area contributed by atoms with E-state index in [1.165, 1.54) is 18.4 Å². The Kier molecular flexibility index (Phi) is 3.46. The van der Waals surface area contributed by atoms with E-state index >= 15 is 0 Å². The third-order valence-electron chi connectivity index (χ3n) is 3.23. The number of nitrogens with one attached hydrogen (secondary N) is 2. The van der Waals surface area contributed by atoms with Crippen LogP contribution in [0.3, 0.4) is 0 Å². The fraction of sp³-hybridized carbons (Fsp3) is 0.429. The van der Waals surface area contributed by atoms with Crippen LogP contribution in [0, 0.1) is 0 Å². The monoisotopic (exact) mass is 258 g/mol. The molecule has 0 unspecified atom stereocenters. The molecule has 5 nitrogen and oxygen atoms in total. The van der Waals surface area contributed by atoms with Crippen LogP contribution in [0.2, 0.25) is 0 Å². The lowest BCUT2D eigenvalue weighted by Crippen LogP contribution is -2.15.